The number of methoxy groups -OCH3 is 1. The maximum atomic E-state index is 12.3. The molecule has 0 spiro atoms. The van der Waals surface area contributed by atoms with Gasteiger partial charge in [0.05, 0.1) is 7.11 Å². The zero-order chi connectivity index (χ0) is 18.4. The van der Waals surface area contributed by atoms with Gasteiger partial charge in [-0.15, -0.1) is 10.2 Å². The summed E-state index contributed by atoms with van der Waals surface area (Å²) in [5.74, 6) is 0.920. The third-order valence-electron chi connectivity index (χ3n) is 4.11. The van der Waals surface area contributed by atoms with Gasteiger partial charge in [-0.1, -0.05) is 66.8 Å². The fourth-order valence-corrected chi connectivity index (χ4v) is 3.51. The van der Waals surface area contributed by atoms with Gasteiger partial charge in [0.1, 0.15) is 10.8 Å². The summed E-state index contributed by atoms with van der Waals surface area (Å²) >= 11 is 1.39. The highest BCUT2D eigenvalue weighted by Gasteiger charge is 2.14. The number of amides is 1. The SMILES string of the molecule is COc1ccccc1Cc1nnc(NC(=O)C[C@@H](C)c2ccccc2)s1. The molecule has 3 aromatic rings. The first-order chi connectivity index (χ1) is 12.7. The first-order valence-corrected chi connectivity index (χ1v) is 9.26. The second-order valence-corrected chi connectivity index (χ2v) is 7.12. The molecular weight excluding hydrogens is 346 g/mol. The Labute approximate surface area is 157 Å². The molecule has 134 valence electrons. The number of para-hydroxylation sites is 1. The maximum Gasteiger partial charge on any atom is 0.226 e. The van der Waals surface area contributed by atoms with Crippen LogP contribution in [0.25, 0.3) is 0 Å². The number of rotatable bonds is 7. The Bertz CT molecular complexity index is 864. The van der Waals surface area contributed by atoms with Gasteiger partial charge in [-0.25, -0.2) is 0 Å². The molecule has 1 heterocycles. The van der Waals surface area contributed by atoms with Crippen LogP contribution in [-0.2, 0) is 11.2 Å². The summed E-state index contributed by atoms with van der Waals surface area (Å²) in [4.78, 5) is 12.3. The maximum absolute atomic E-state index is 12.3. The number of benzene rings is 2. The predicted octanol–water partition coefficient (Wildman–Crippen LogP) is 4.27. The van der Waals surface area contributed by atoms with Crippen LogP contribution in [0.2, 0.25) is 0 Å². The van der Waals surface area contributed by atoms with Crippen LogP contribution in [0, 0.1) is 0 Å². The summed E-state index contributed by atoms with van der Waals surface area (Å²) in [6, 6.07) is 17.8. The predicted molar refractivity (Wildman–Crippen MR) is 104 cm³/mol. The number of ether oxygens (including phenoxy) is 1. The van der Waals surface area contributed by atoms with Crippen molar-refractivity contribution in [1.82, 2.24) is 10.2 Å². The van der Waals surface area contributed by atoms with Gasteiger partial charge < -0.3 is 10.1 Å². The van der Waals surface area contributed by atoms with Gasteiger partial charge in [-0.05, 0) is 17.5 Å². The molecule has 0 unspecified atom stereocenters. The van der Waals surface area contributed by atoms with E-state index in [1.165, 1.54) is 11.3 Å². The van der Waals surface area contributed by atoms with E-state index < -0.39 is 0 Å². The van der Waals surface area contributed by atoms with Crippen LogP contribution >= 0.6 is 11.3 Å². The Morgan fingerprint density at radius 1 is 1.12 bits per heavy atom. The van der Waals surface area contributed by atoms with Crippen molar-refractivity contribution in [3.8, 4) is 5.75 Å². The first kappa shape index (κ1) is 18.1. The molecule has 0 bridgehead atoms. The summed E-state index contributed by atoms with van der Waals surface area (Å²) in [5, 5.41) is 12.5. The number of nitrogens with zero attached hydrogens (tertiary/aromatic N) is 2. The minimum atomic E-state index is -0.0543. The minimum absolute atomic E-state index is 0.0543. The van der Waals surface area contributed by atoms with Gasteiger partial charge in [0.15, 0.2) is 0 Å². The molecule has 0 saturated heterocycles. The van der Waals surface area contributed by atoms with E-state index >= 15 is 0 Å². The first-order valence-electron chi connectivity index (χ1n) is 8.44. The highest BCUT2D eigenvalue weighted by Crippen LogP contribution is 2.25. The molecule has 6 heteroatoms. The summed E-state index contributed by atoms with van der Waals surface area (Å²) < 4.78 is 5.36. The molecule has 1 atom stereocenters. The monoisotopic (exact) mass is 367 g/mol. The highest BCUT2D eigenvalue weighted by molar-refractivity contribution is 7.15. The Hall–Kier alpha value is -2.73. The van der Waals surface area contributed by atoms with Crippen molar-refractivity contribution in [3.05, 3.63) is 70.7 Å². The Morgan fingerprint density at radius 3 is 2.62 bits per heavy atom. The molecule has 0 fully saturated rings. The molecule has 0 radical (unpaired) electrons. The standard InChI is InChI=1S/C20H21N3O2S/c1-14(15-8-4-3-5-9-15)12-18(24)21-20-23-22-19(26-20)13-16-10-6-7-11-17(16)25-2/h3-11,14H,12-13H2,1-2H3,(H,21,23,24)/t14-/m1/s1. The second-order valence-electron chi connectivity index (χ2n) is 6.05. The summed E-state index contributed by atoms with van der Waals surface area (Å²) in [6.07, 6.45) is 1.03. The Kier molecular flexibility index (Phi) is 5.96. The molecule has 1 aromatic heterocycles. The van der Waals surface area contributed by atoms with Crippen LogP contribution in [0.15, 0.2) is 54.6 Å². The highest BCUT2D eigenvalue weighted by atomic mass is 32.1. The van der Waals surface area contributed by atoms with E-state index in [0.29, 0.717) is 18.0 Å². The molecular formula is C20H21N3O2S. The van der Waals surface area contributed by atoms with E-state index in [1.807, 2.05) is 61.5 Å². The van der Waals surface area contributed by atoms with Gasteiger partial charge in [-0.2, -0.15) is 0 Å². The lowest BCUT2D eigenvalue weighted by molar-refractivity contribution is -0.116. The zero-order valence-corrected chi connectivity index (χ0v) is 15.6. The minimum Gasteiger partial charge on any atom is -0.496 e. The number of carbonyl (C=O) groups excluding carboxylic acids is 1. The van der Waals surface area contributed by atoms with Crippen molar-refractivity contribution < 1.29 is 9.53 Å². The average Bonchev–Trinajstić information content (AvgIpc) is 3.09. The van der Waals surface area contributed by atoms with Crippen LogP contribution in [0.5, 0.6) is 5.75 Å². The van der Waals surface area contributed by atoms with Gasteiger partial charge in [0.25, 0.3) is 0 Å². The normalized spacial score (nSPS) is 11.8. The van der Waals surface area contributed by atoms with Gasteiger partial charge in [0, 0.05) is 18.4 Å². The molecule has 1 amide bonds. The van der Waals surface area contributed by atoms with Crippen molar-refractivity contribution in [2.45, 2.75) is 25.7 Å². The van der Waals surface area contributed by atoms with Crippen molar-refractivity contribution >= 4 is 22.4 Å². The molecule has 1 N–H and O–H groups in total. The van der Waals surface area contributed by atoms with Crippen LogP contribution in [0.3, 0.4) is 0 Å². The van der Waals surface area contributed by atoms with Crippen molar-refractivity contribution in [2.75, 3.05) is 12.4 Å². The number of carbonyl (C=O) groups is 1. The van der Waals surface area contributed by atoms with Crippen LogP contribution in [0.4, 0.5) is 5.13 Å². The Balaban J connectivity index is 1.59. The topological polar surface area (TPSA) is 64.1 Å². The number of hydrogen-bond acceptors (Lipinski definition) is 5. The average molecular weight is 367 g/mol. The smallest absolute Gasteiger partial charge is 0.226 e. The summed E-state index contributed by atoms with van der Waals surface area (Å²) in [7, 11) is 1.65. The molecule has 3 rings (SSSR count). The lowest BCUT2D eigenvalue weighted by Crippen LogP contribution is -2.14. The summed E-state index contributed by atoms with van der Waals surface area (Å²) in [6.45, 7) is 2.04. The van der Waals surface area contributed by atoms with E-state index in [-0.39, 0.29) is 11.8 Å². The van der Waals surface area contributed by atoms with Gasteiger partial charge in [-0.3, -0.25) is 4.79 Å². The van der Waals surface area contributed by atoms with E-state index in [2.05, 4.69) is 15.5 Å². The van der Waals surface area contributed by atoms with Crippen LogP contribution in [-0.4, -0.2) is 23.2 Å². The lowest BCUT2D eigenvalue weighted by atomic mass is 9.98. The van der Waals surface area contributed by atoms with E-state index in [4.69, 9.17) is 4.74 Å². The van der Waals surface area contributed by atoms with E-state index in [9.17, 15) is 4.79 Å². The van der Waals surface area contributed by atoms with Crippen molar-refractivity contribution in [3.63, 3.8) is 0 Å². The van der Waals surface area contributed by atoms with Gasteiger partial charge in [0.2, 0.25) is 11.0 Å². The third kappa shape index (κ3) is 4.67. The number of nitrogens with one attached hydrogen (secondary N) is 1. The van der Waals surface area contributed by atoms with Gasteiger partial charge >= 0.3 is 0 Å². The fourth-order valence-electron chi connectivity index (χ4n) is 2.74. The number of hydrogen-bond donors (Lipinski definition) is 1. The van der Waals surface area contributed by atoms with Crippen molar-refractivity contribution in [2.24, 2.45) is 0 Å². The second kappa shape index (κ2) is 8.58. The van der Waals surface area contributed by atoms with Crippen LogP contribution < -0.4 is 10.1 Å². The lowest BCUT2D eigenvalue weighted by Gasteiger charge is -2.10. The molecule has 0 aliphatic heterocycles. The fraction of sp³-hybridized carbons (Fsp3) is 0.250. The zero-order valence-electron chi connectivity index (χ0n) is 14.8. The summed E-state index contributed by atoms with van der Waals surface area (Å²) in [5.41, 5.74) is 2.19. The largest absolute Gasteiger partial charge is 0.496 e. The molecule has 26 heavy (non-hydrogen) atoms. The number of aromatic nitrogens is 2. The molecule has 0 aliphatic rings. The molecule has 0 aliphatic carbocycles. The third-order valence-corrected chi connectivity index (χ3v) is 4.95. The quantitative estimate of drug-likeness (QED) is 0.677. The van der Waals surface area contributed by atoms with Crippen molar-refractivity contribution in [1.29, 1.82) is 0 Å². The van der Waals surface area contributed by atoms with Crippen LogP contribution in [0.1, 0.15) is 35.4 Å². The molecule has 5 nitrogen and oxygen atoms in total. The molecule has 2 aromatic carbocycles. The molecule has 0 saturated carbocycles. The van der Waals surface area contributed by atoms with E-state index in [0.717, 1.165) is 21.9 Å². The Morgan fingerprint density at radius 2 is 1.85 bits per heavy atom. The number of anilines is 1. The van der Waals surface area contributed by atoms with E-state index in [1.54, 1.807) is 7.11 Å².